The van der Waals surface area contributed by atoms with E-state index >= 15 is 0 Å². The van der Waals surface area contributed by atoms with Gasteiger partial charge in [-0.15, -0.1) is 0 Å². The topological polar surface area (TPSA) is 72.0 Å². The molecule has 21 heavy (non-hydrogen) atoms. The van der Waals surface area contributed by atoms with E-state index in [9.17, 15) is 17.2 Å². The number of nitrogens with one attached hydrogen (secondary N) is 1. The Balaban J connectivity index is 2.14. The van der Waals surface area contributed by atoms with Crippen LogP contribution in [0, 0.1) is 11.6 Å². The maximum absolute atomic E-state index is 13.5. The molecule has 0 atom stereocenters. The fourth-order valence-corrected chi connectivity index (χ4v) is 2.83. The smallest absolute Gasteiger partial charge is 0.237 e. The third kappa shape index (κ3) is 4.19. The normalized spacial score (nSPS) is 11.4. The summed E-state index contributed by atoms with van der Waals surface area (Å²) in [4.78, 5) is 7.91. The molecule has 0 bridgehead atoms. The Kier molecular flexibility index (Phi) is 4.46. The molecule has 0 aliphatic rings. The van der Waals surface area contributed by atoms with Crippen LogP contribution in [0.2, 0.25) is 0 Å². The van der Waals surface area contributed by atoms with E-state index in [-0.39, 0.29) is 11.3 Å². The molecule has 0 amide bonds. The highest BCUT2D eigenvalue weighted by molar-refractivity contribution is 7.91. The minimum absolute atomic E-state index is 0.116. The van der Waals surface area contributed by atoms with Crippen molar-refractivity contribution in [3.63, 3.8) is 0 Å². The maximum Gasteiger partial charge on any atom is 0.237 e. The average molecular weight is 313 g/mol. The maximum atomic E-state index is 13.5. The number of anilines is 1. The predicted octanol–water partition coefficient (Wildman–Crippen LogP) is 2.26. The van der Waals surface area contributed by atoms with Gasteiger partial charge in [-0.25, -0.2) is 27.2 Å². The summed E-state index contributed by atoms with van der Waals surface area (Å²) < 4.78 is 52.4. The number of benzene rings is 1. The molecule has 0 spiro atoms. The first-order valence-corrected chi connectivity index (χ1v) is 7.80. The van der Waals surface area contributed by atoms with E-state index in [1.165, 1.54) is 12.4 Å². The first-order valence-electron chi connectivity index (χ1n) is 6.15. The Hall–Kier alpha value is -2.09. The Morgan fingerprint density at radius 1 is 1.19 bits per heavy atom. The second kappa shape index (κ2) is 6.13. The van der Waals surface area contributed by atoms with Crippen molar-refractivity contribution in [3.8, 4) is 0 Å². The number of sulfonamides is 1. The van der Waals surface area contributed by atoms with Crippen molar-refractivity contribution >= 4 is 15.7 Å². The van der Waals surface area contributed by atoms with Crippen molar-refractivity contribution < 1.29 is 17.2 Å². The van der Waals surface area contributed by atoms with Crippen LogP contribution in [-0.4, -0.2) is 18.4 Å². The largest absolute Gasteiger partial charge is 0.280 e. The van der Waals surface area contributed by atoms with Crippen LogP contribution in [-0.2, 0) is 22.2 Å². The minimum Gasteiger partial charge on any atom is -0.280 e. The highest BCUT2D eigenvalue weighted by Crippen LogP contribution is 2.15. The Morgan fingerprint density at radius 2 is 1.86 bits per heavy atom. The third-order valence-electron chi connectivity index (χ3n) is 2.66. The summed E-state index contributed by atoms with van der Waals surface area (Å²) in [5.41, 5.74) is 0.0738. The average Bonchev–Trinajstić information content (AvgIpc) is 2.42. The molecule has 0 radical (unpaired) electrons. The van der Waals surface area contributed by atoms with Gasteiger partial charge in [-0.2, -0.15) is 0 Å². The van der Waals surface area contributed by atoms with Gasteiger partial charge in [0.1, 0.15) is 17.5 Å². The highest BCUT2D eigenvalue weighted by Gasteiger charge is 2.15. The SMILES string of the molecule is CCc1ncc(NS(=O)(=O)Cc2ccc(F)cc2F)cn1. The summed E-state index contributed by atoms with van der Waals surface area (Å²) in [5.74, 6) is -1.68. The summed E-state index contributed by atoms with van der Waals surface area (Å²) in [6.45, 7) is 1.87. The van der Waals surface area contributed by atoms with Gasteiger partial charge in [0.25, 0.3) is 0 Å². The van der Waals surface area contributed by atoms with Crippen LogP contribution < -0.4 is 4.72 Å². The quantitative estimate of drug-likeness (QED) is 0.919. The van der Waals surface area contributed by atoms with Gasteiger partial charge in [0.15, 0.2) is 0 Å². The highest BCUT2D eigenvalue weighted by atomic mass is 32.2. The molecule has 0 unspecified atom stereocenters. The number of halogens is 2. The second-order valence-electron chi connectivity index (χ2n) is 4.34. The molecule has 0 aliphatic heterocycles. The fourth-order valence-electron chi connectivity index (χ4n) is 1.65. The number of rotatable bonds is 5. The van der Waals surface area contributed by atoms with E-state index in [1.54, 1.807) is 0 Å². The number of aryl methyl sites for hydroxylation is 1. The summed E-state index contributed by atoms with van der Waals surface area (Å²) >= 11 is 0. The van der Waals surface area contributed by atoms with E-state index in [4.69, 9.17) is 0 Å². The number of aromatic nitrogens is 2. The van der Waals surface area contributed by atoms with Crippen LogP contribution in [0.25, 0.3) is 0 Å². The van der Waals surface area contributed by atoms with Gasteiger partial charge in [0.05, 0.1) is 23.8 Å². The van der Waals surface area contributed by atoms with Gasteiger partial charge in [0, 0.05) is 18.1 Å². The Labute approximate surface area is 121 Å². The van der Waals surface area contributed by atoms with Crippen LogP contribution >= 0.6 is 0 Å². The zero-order valence-corrected chi connectivity index (χ0v) is 12.0. The molecule has 0 saturated carbocycles. The van der Waals surface area contributed by atoms with Crippen LogP contribution in [0.4, 0.5) is 14.5 Å². The Bertz CT molecular complexity index is 734. The van der Waals surface area contributed by atoms with E-state index in [0.29, 0.717) is 18.3 Å². The van der Waals surface area contributed by atoms with Crippen molar-refractivity contribution in [2.75, 3.05) is 4.72 Å². The standard InChI is InChI=1S/C13H13F2N3O2S/c1-2-13-16-6-11(7-17-13)18-21(19,20)8-9-3-4-10(14)5-12(9)15/h3-7,18H,2,8H2,1H3. The van der Waals surface area contributed by atoms with Crippen LogP contribution in [0.1, 0.15) is 18.3 Å². The van der Waals surface area contributed by atoms with Gasteiger partial charge < -0.3 is 0 Å². The lowest BCUT2D eigenvalue weighted by molar-refractivity contribution is 0.570. The van der Waals surface area contributed by atoms with Crippen molar-refractivity contribution in [3.05, 3.63) is 53.6 Å². The molecule has 2 rings (SSSR count). The van der Waals surface area contributed by atoms with Crippen molar-refractivity contribution in [1.82, 2.24) is 9.97 Å². The molecular weight excluding hydrogens is 300 g/mol. The minimum atomic E-state index is -3.84. The van der Waals surface area contributed by atoms with Crippen molar-refractivity contribution in [1.29, 1.82) is 0 Å². The summed E-state index contributed by atoms with van der Waals surface area (Å²) in [6.07, 6.45) is 3.31. The van der Waals surface area contributed by atoms with E-state index in [1.807, 2.05) is 6.92 Å². The molecule has 1 N–H and O–H groups in total. The van der Waals surface area contributed by atoms with E-state index in [0.717, 1.165) is 12.1 Å². The fraction of sp³-hybridized carbons (Fsp3) is 0.231. The van der Waals surface area contributed by atoms with Gasteiger partial charge in [-0.1, -0.05) is 13.0 Å². The van der Waals surface area contributed by atoms with Crippen molar-refractivity contribution in [2.24, 2.45) is 0 Å². The van der Waals surface area contributed by atoms with Gasteiger partial charge >= 0.3 is 0 Å². The molecule has 1 aromatic heterocycles. The van der Waals surface area contributed by atoms with Gasteiger partial charge in [-0.3, -0.25) is 4.72 Å². The van der Waals surface area contributed by atoms with Gasteiger partial charge in [0.2, 0.25) is 10.0 Å². The molecule has 2 aromatic rings. The zero-order chi connectivity index (χ0) is 15.5. The number of hydrogen-bond donors (Lipinski definition) is 1. The zero-order valence-electron chi connectivity index (χ0n) is 11.2. The lowest BCUT2D eigenvalue weighted by Gasteiger charge is -2.08. The van der Waals surface area contributed by atoms with Crippen LogP contribution in [0.5, 0.6) is 0 Å². The molecule has 1 aromatic carbocycles. The number of nitrogens with zero attached hydrogens (tertiary/aromatic N) is 2. The summed E-state index contributed by atoms with van der Waals surface area (Å²) in [5, 5.41) is 0. The summed E-state index contributed by atoms with van der Waals surface area (Å²) in [7, 11) is -3.84. The molecule has 112 valence electrons. The second-order valence-corrected chi connectivity index (χ2v) is 6.06. The summed E-state index contributed by atoms with van der Waals surface area (Å²) in [6, 6.07) is 2.75. The lowest BCUT2D eigenvalue weighted by atomic mass is 10.2. The third-order valence-corrected chi connectivity index (χ3v) is 3.89. The van der Waals surface area contributed by atoms with Crippen molar-refractivity contribution in [2.45, 2.75) is 19.1 Å². The van der Waals surface area contributed by atoms with Crippen LogP contribution in [0.15, 0.2) is 30.6 Å². The molecule has 5 nitrogen and oxygen atoms in total. The molecular formula is C13H13F2N3O2S. The Morgan fingerprint density at radius 3 is 2.43 bits per heavy atom. The van der Waals surface area contributed by atoms with E-state index in [2.05, 4.69) is 14.7 Å². The molecule has 0 aliphatic carbocycles. The van der Waals surface area contributed by atoms with Gasteiger partial charge in [-0.05, 0) is 6.07 Å². The predicted molar refractivity (Wildman–Crippen MR) is 74.0 cm³/mol. The molecule has 1 heterocycles. The molecule has 0 saturated heterocycles. The monoisotopic (exact) mass is 313 g/mol. The van der Waals surface area contributed by atoms with Crippen LogP contribution in [0.3, 0.4) is 0 Å². The first kappa shape index (κ1) is 15.3. The van der Waals surface area contributed by atoms with E-state index < -0.39 is 27.4 Å². The molecule has 0 fully saturated rings. The lowest BCUT2D eigenvalue weighted by Crippen LogP contribution is -2.16. The molecule has 8 heteroatoms. The number of hydrogen-bond acceptors (Lipinski definition) is 4. The first-order chi connectivity index (χ1) is 9.89.